The van der Waals surface area contributed by atoms with E-state index in [0.29, 0.717) is 5.75 Å². The minimum absolute atomic E-state index is 0. The van der Waals surface area contributed by atoms with Gasteiger partial charge in [0, 0.05) is 44.8 Å². The van der Waals surface area contributed by atoms with Gasteiger partial charge in [0.15, 0.2) is 0 Å². The van der Waals surface area contributed by atoms with Gasteiger partial charge in [0.1, 0.15) is 17.1 Å². The van der Waals surface area contributed by atoms with Crippen molar-refractivity contribution in [2.24, 2.45) is 0 Å². The number of carboxylic acids is 1. The Balaban J connectivity index is 0.00000141. The molecular weight excluding hydrogens is 363 g/mol. The minimum Gasteiger partial charge on any atom is -0.477 e. The molecule has 22 heavy (non-hydrogen) atoms. The number of ether oxygens (including phenoxy) is 1. The zero-order chi connectivity index (χ0) is 15.8. The Hall–Kier alpha value is -1.79. The maximum Gasteiger partial charge on any atom is 0.342 e. The summed E-state index contributed by atoms with van der Waals surface area (Å²) in [7, 11) is 0. The summed E-state index contributed by atoms with van der Waals surface area (Å²) < 4.78 is 5.42. The second-order valence-corrected chi connectivity index (χ2v) is 3.66. The van der Waals surface area contributed by atoms with E-state index in [-0.39, 0.29) is 38.5 Å². The summed E-state index contributed by atoms with van der Waals surface area (Å²) >= 11 is 0. The van der Waals surface area contributed by atoms with E-state index in [4.69, 9.17) is 9.84 Å². The largest absolute Gasteiger partial charge is 0.477 e. The molecule has 2 aromatic rings. The quantitative estimate of drug-likeness (QED) is 0.496. The molecule has 0 aliphatic heterocycles. The molecule has 113 valence electrons. The van der Waals surface area contributed by atoms with Gasteiger partial charge in [-0.15, -0.1) is 0 Å². The zero-order valence-electron chi connectivity index (χ0n) is 11.9. The molecule has 0 spiro atoms. The van der Waals surface area contributed by atoms with Crippen molar-refractivity contribution in [2.75, 3.05) is 0 Å². The molecule has 0 amide bonds. The van der Waals surface area contributed by atoms with Gasteiger partial charge >= 0.3 is 5.97 Å². The van der Waals surface area contributed by atoms with Crippen molar-refractivity contribution in [1.82, 2.24) is 0 Å². The van der Waals surface area contributed by atoms with E-state index in [2.05, 4.69) is 6.92 Å². The number of aromatic carboxylic acids is 1. The zero-order valence-corrected chi connectivity index (χ0v) is 14.8. The number of nitro groups is 1. The van der Waals surface area contributed by atoms with E-state index in [9.17, 15) is 14.9 Å². The van der Waals surface area contributed by atoms with Crippen LogP contribution >= 0.6 is 0 Å². The van der Waals surface area contributed by atoms with Crippen LogP contribution in [-0.2, 0) is 32.7 Å². The van der Waals surface area contributed by atoms with Crippen molar-refractivity contribution in [3.63, 3.8) is 0 Å². The Morgan fingerprint density at radius 1 is 1.14 bits per heavy atom. The van der Waals surface area contributed by atoms with Crippen LogP contribution in [-0.4, -0.2) is 16.0 Å². The second kappa shape index (κ2) is 10.0. The molecule has 1 N–H and O–H groups in total. The summed E-state index contributed by atoms with van der Waals surface area (Å²) in [5.41, 5.74) is -0.869. The van der Waals surface area contributed by atoms with Gasteiger partial charge in [-0.2, -0.15) is 6.92 Å². The minimum atomic E-state index is -1.37. The van der Waals surface area contributed by atoms with Gasteiger partial charge in [0.25, 0.3) is 5.69 Å². The first kappa shape index (κ1) is 20.2. The fourth-order valence-electron chi connectivity index (χ4n) is 1.53. The van der Waals surface area contributed by atoms with Gasteiger partial charge in [-0.05, 0) is 18.2 Å². The Kier molecular flexibility index (Phi) is 9.21. The average molecular weight is 377 g/mol. The molecule has 0 atom stereocenters. The fraction of sp³-hybridized carbons (Fsp3) is 0.0667. The first-order valence-corrected chi connectivity index (χ1v) is 6.03. The number of para-hydroxylation sites is 1. The number of nitrogens with zero attached hydrogens (tertiary/aromatic N) is 1. The van der Waals surface area contributed by atoms with Crippen LogP contribution in [0.5, 0.6) is 11.5 Å². The van der Waals surface area contributed by atoms with E-state index in [1.54, 1.807) is 31.2 Å². The summed E-state index contributed by atoms with van der Waals surface area (Å²) in [6.07, 6.45) is 0. The maximum atomic E-state index is 11.0. The Morgan fingerprint density at radius 3 is 2.23 bits per heavy atom. The number of carboxylic acid groups (broad SMARTS) is 1. The molecule has 2 aromatic carbocycles. The smallest absolute Gasteiger partial charge is 0.342 e. The van der Waals surface area contributed by atoms with Gasteiger partial charge in [0.05, 0.1) is 4.92 Å². The summed E-state index contributed by atoms with van der Waals surface area (Å²) in [5.74, 6) is -0.618. The van der Waals surface area contributed by atoms with Crippen LogP contribution in [0.4, 0.5) is 5.69 Å². The predicted molar refractivity (Wildman–Crippen MR) is 77.6 cm³/mol. The topological polar surface area (TPSA) is 89.7 Å². The van der Waals surface area contributed by atoms with Crippen molar-refractivity contribution in [3.8, 4) is 11.5 Å². The fourth-order valence-corrected chi connectivity index (χ4v) is 1.53. The van der Waals surface area contributed by atoms with Crippen molar-refractivity contribution in [1.29, 1.82) is 0 Å². The third kappa shape index (κ3) is 5.54. The molecule has 2 rings (SSSR count). The average Bonchev–Trinajstić information content (AvgIpc) is 2.50. The SMILES string of the molecule is O=C(O)c1cc(Oc2ccccc2)ccc1[N+](=O)[O-].[CH2-]C.[Y]. The number of benzene rings is 2. The van der Waals surface area contributed by atoms with Crippen molar-refractivity contribution < 1.29 is 52.3 Å². The number of rotatable bonds is 4. The van der Waals surface area contributed by atoms with Crippen LogP contribution in [0, 0.1) is 17.0 Å². The summed E-state index contributed by atoms with van der Waals surface area (Å²) in [6.45, 7) is 5.00. The molecule has 6 nitrogen and oxygen atoms in total. The number of nitro benzene ring substituents is 1. The summed E-state index contributed by atoms with van der Waals surface area (Å²) in [5, 5.41) is 19.6. The molecule has 0 heterocycles. The van der Waals surface area contributed by atoms with E-state index in [0.717, 1.165) is 12.1 Å². The third-order valence-electron chi connectivity index (χ3n) is 2.37. The van der Waals surface area contributed by atoms with Crippen molar-refractivity contribution in [3.05, 3.63) is 71.1 Å². The van der Waals surface area contributed by atoms with E-state index in [1.165, 1.54) is 6.07 Å². The van der Waals surface area contributed by atoms with Crippen LogP contribution in [0.3, 0.4) is 0 Å². The molecule has 7 heteroatoms. The molecule has 0 aliphatic carbocycles. The van der Waals surface area contributed by atoms with E-state index < -0.39 is 22.1 Å². The number of hydrogen-bond donors (Lipinski definition) is 1. The Labute approximate surface area is 153 Å². The molecule has 0 saturated heterocycles. The number of carbonyl (C=O) groups is 1. The third-order valence-corrected chi connectivity index (χ3v) is 2.37. The predicted octanol–water partition coefficient (Wildman–Crippen LogP) is 3.92. The molecule has 0 fully saturated rings. The van der Waals surface area contributed by atoms with E-state index in [1.807, 2.05) is 6.07 Å². The molecule has 1 radical (unpaired) electrons. The molecular formula is C15H14NO5Y-. The van der Waals surface area contributed by atoms with Gasteiger partial charge in [-0.1, -0.05) is 18.2 Å². The second-order valence-electron chi connectivity index (χ2n) is 3.66. The molecule has 0 saturated carbocycles. The van der Waals surface area contributed by atoms with Gasteiger partial charge in [0.2, 0.25) is 0 Å². The van der Waals surface area contributed by atoms with Crippen molar-refractivity contribution >= 4 is 11.7 Å². The van der Waals surface area contributed by atoms with Crippen molar-refractivity contribution in [2.45, 2.75) is 6.92 Å². The monoisotopic (exact) mass is 377 g/mol. The summed E-state index contributed by atoms with van der Waals surface area (Å²) in [6, 6.07) is 12.3. The Bertz CT molecular complexity index is 631. The van der Waals surface area contributed by atoms with Crippen LogP contribution in [0.15, 0.2) is 48.5 Å². The van der Waals surface area contributed by atoms with Gasteiger partial charge in [-0.25, -0.2) is 4.79 Å². The first-order valence-electron chi connectivity index (χ1n) is 6.03. The van der Waals surface area contributed by atoms with E-state index >= 15 is 0 Å². The first-order chi connectivity index (χ1) is 10.1. The molecule has 0 unspecified atom stereocenters. The van der Waals surface area contributed by atoms with Crippen LogP contribution in [0.2, 0.25) is 0 Å². The van der Waals surface area contributed by atoms with Gasteiger partial charge in [-0.3, -0.25) is 10.1 Å². The number of hydrogen-bond acceptors (Lipinski definition) is 4. The molecule has 0 aliphatic rings. The van der Waals surface area contributed by atoms with Gasteiger partial charge < -0.3 is 16.8 Å². The summed E-state index contributed by atoms with van der Waals surface area (Å²) in [4.78, 5) is 20.9. The standard InChI is InChI=1S/C13H9NO5.C2H5.Y/c15-13(16)11-8-10(6-7-12(11)14(17)18)19-9-4-2-1-3-5-9;1-2;/h1-8H,(H,15,16);1H2,2H3;/q;-1;. The maximum absolute atomic E-state index is 11.0. The normalized spacial score (nSPS) is 8.82. The Morgan fingerprint density at radius 2 is 1.73 bits per heavy atom. The van der Waals surface area contributed by atoms with Crippen LogP contribution in [0.1, 0.15) is 17.3 Å². The molecule has 0 aromatic heterocycles. The van der Waals surface area contributed by atoms with Crippen LogP contribution in [0.25, 0.3) is 0 Å². The van der Waals surface area contributed by atoms with Crippen LogP contribution < -0.4 is 4.74 Å². The molecule has 0 bridgehead atoms.